The first-order chi connectivity index (χ1) is 9.84. The second-order valence-corrected chi connectivity index (χ2v) is 5.09. The number of aryl methyl sites for hydroxylation is 1. The number of piperazine rings is 1. The van der Waals surface area contributed by atoms with Crippen molar-refractivity contribution in [1.29, 1.82) is 0 Å². The molecular formula is C13H21N7. The van der Waals surface area contributed by atoms with Gasteiger partial charge in [0, 0.05) is 45.1 Å². The molecule has 0 unspecified atom stereocenters. The van der Waals surface area contributed by atoms with E-state index in [2.05, 4.69) is 30.7 Å². The Balaban J connectivity index is 1.52. The molecule has 2 aromatic heterocycles. The molecule has 0 amide bonds. The lowest BCUT2D eigenvalue weighted by molar-refractivity contribution is 0.240. The number of hydrogen-bond donors (Lipinski definition) is 2. The van der Waals surface area contributed by atoms with Crippen molar-refractivity contribution in [3.05, 3.63) is 18.2 Å². The highest BCUT2D eigenvalue weighted by Crippen LogP contribution is 2.11. The summed E-state index contributed by atoms with van der Waals surface area (Å²) in [7, 11) is 0. The topological polar surface area (TPSA) is 70.4 Å². The number of nitrogens with one attached hydrogen (secondary N) is 2. The van der Waals surface area contributed by atoms with Crippen molar-refractivity contribution in [2.45, 2.75) is 13.3 Å². The van der Waals surface area contributed by atoms with Gasteiger partial charge in [0.05, 0.1) is 0 Å². The molecule has 108 valence electrons. The summed E-state index contributed by atoms with van der Waals surface area (Å²) in [5.74, 6) is 1.69. The zero-order valence-corrected chi connectivity index (χ0v) is 11.8. The van der Waals surface area contributed by atoms with E-state index in [1.165, 1.54) is 0 Å². The maximum atomic E-state index is 4.35. The molecule has 0 aliphatic carbocycles. The Bertz CT molecular complexity index is 559. The molecule has 20 heavy (non-hydrogen) atoms. The summed E-state index contributed by atoms with van der Waals surface area (Å²) in [4.78, 5) is 6.84. The van der Waals surface area contributed by atoms with E-state index in [1.807, 2.05) is 17.5 Å². The molecule has 0 atom stereocenters. The zero-order chi connectivity index (χ0) is 13.8. The monoisotopic (exact) mass is 275 g/mol. The van der Waals surface area contributed by atoms with Crippen LogP contribution in [0.5, 0.6) is 0 Å². The van der Waals surface area contributed by atoms with Crippen LogP contribution in [0.4, 0.5) is 5.82 Å². The quantitative estimate of drug-likeness (QED) is 0.757. The first kappa shape index (κ1) is 13.3. The maximum absolute atomic E-state index is 4.35. The number of rotatable bonds is 5. The van der Waals surface area contributed by atoms with E-state index in [1.54, 1.807) is 6.20 Å². The average molecular weight is 275 g/mol. The van der Waals surface area contributed by atoms with E-state index in [9.17, 15) is 0 Å². The van der Waals surface area contributed by atoms with Crippen molar-refractivity contribution in [1.82, 2.24) is 29.8 Å². The molecule has 7 heteroatoms. The molecule has 0 spiro atoms. The molecule has 1 saturated heterocycles. The van der Waals surface area contributed by atoms with E-state index >= 15 is 0 Å². The van der Waals surface area contributed by atoms with Crippen molar-refractivity contribution in [2.24, 2.45) is 0 Å². The van der Waals surface area contributed by atoms with Crippen LogP contribution in [-0.4, -0.2) is 63.8 Å². The third-order valence-corrected chi connectivity index (χ3v) is 3.65. The summed E-state index contributed by atoms with van der Waals surface area (Å²) < 4.78 is 1.95. The van der Waals surface area contributed by atoms with Crippen LogP contribution in [-0.2, 0) is 0 Å². The largest absolute Gasteiger partial charge is 0.367 e. The van der Waals surface area contributed by atoms with E-state index in [0.29, 0.717) is 0 Å². The van der Waals surface area contributed by atoms with Crippen molar-refractivity contribution in [2.75, 3.05) is 44.6 Å². The number of fused-ring (bicyclic) bond motifs is 1. The molecule has 0 radical (unpaired) electrons. The van der Waals surface area contributed by atoms with Gasteiger partial charge in [-0.1, -0.05) is 0 Å². The summed E-state index contributed by atoms with van der Waals surface area (Å²) >= 11 is 0. The highest BCUT2D eigenvalue weighted by Gasteiger charge is 2.09. The minimum Gasteiger partial charge on any atom is -0.367 e. The first-order valence-electron chi connectivity index (χ1n) is 7.18. The van der Waals surface area contributed by atoms with Gasteiger partial charge in [-0.25, -0.2) is 4.98 Å². The molecule has 0 bridgehead atoms. The highest BCUT2D eigenvalue weighted by molar-refractivity contribution is 5.61. The fourth-order valence-electron chi connectivity index (χ4n) is 2.51. The lowest BCUT2D eigenvalue weighted by atomic mass is 10.3. The maximum Gasteiger partial charge on any atom is 0.203 e. The Morgan fingerprint density at radius 3 is 3.00 bits per heavy atom. The fourth-order valence-corrected chi connectivity index (χ4v) is 2.51. The lowest BCUT2D eigenvalue weighted by Crippen LogP contribution is -2.44. The van der Waals surface area contributed by atoms with Gasteiger partial charge in [-0.2, -0.15) is 0 Å². The molecule has 3 heterocycles. The van der Waals surface area contributed by atoms with Gasteiger partial charge in [0.2, 0.25) is 5.65 Å². The summed E-state index contributed by atoms with van der Waals surface area (Å²) in [6.07, 6.45) is 4.77. The van der Waals surface area contributed by atoms with E-state index in [4.69, 9.17) is 0 Å². The van der Waals surface area contributed by atoms with E-state index in [0.717, 1.165) is 63.0 Å². The SMILES string of the molecule is Cc1nnc2c(NCCCN3CCNCC3)nccn12. The number of aromatic nitrogens is 4. The fraction of sp³-hybridized carbons (Fsp3) is 0.615. The molecule has 7 nitrogen and oxygen atoms in total. The smallest absolute Gasteiger partial charge is 0.203 e. The molecule has 1 aliphatic heterocycles. The summed E-state index contributed by atoms with van der Waals surface area (Å²) in [5.41, 5.74) is 0.798. The Hall–Kier alpha value is -1.73. The van der Waals surface area contributed by atoms with Crippen molar-refractivity contribution < 1.29 is 0 Å². The molecule has 1 aliphatic rings. The van der Waals surface area contributed by atoms with Gasteiger partial charge in [-0.05, 0) is 19.9 Å². The minimum absolute atomic E-state index is 0.798. The minimum atomic E-state index is 0.798. The standard InChI is InChI=1S/C13H21N7/c1-11-17-18-13-12(16-6-10-20(11)13)15-3-2-7-19-8-4-14-5-9-19/h6,10,14H,2-5,7-9H2,1H3,(H,15,16). The number of anilines is 1. The van der Waals surface area contributed by atoms with Gasteiger partial charge in [0.1, 0.15) is 5.82 Å². The number of nitrogens with zero attached hydrogens (tertiary/aromatic N) is 5. The van der Waals surface area contributed by atoms with Crippen LogP contribution in [0.25, 0.3) is 5.65 Å². The lowest BCUT2D eigenvalue weighted by Gasteiger charge is -2.27. The molecule has 2 N–H and O–H groups in total. The molecule has 0 aromatic carbocycles. The second kappa shape index (κ2) is 6.15. The Morgan fingerprint density at radius 2 is 2.15 bits per heavy atom. The van der Waals surface area contributed by atoms with E-state index < -0.39 is 0 Å². The molecule has 3 rings (SSSR count). The molecular weight excluding hydrogens is 254 g/mol. The average Bonchev–Trinajstić information content (AvgIpc) is 2.87. The van der Waals surface area contributed by atoms with E-state index in [-0.39, 0.29) is 0 Å². The predicted octanol–water partition coefficient (Wildman–Crippen LogP) is 0.140. The van der Waals surface area contributed by atoms with Crippen LogP contribution in [0.1, 0.15) is 12.2 Å². The number of hydrogen-bond acceptors (Lipinski definition) is 6. The van der Waals surface area contributed by atoms with Gasteiger partial charge in [-0.15, -0.1) is 10.2 Å². The Labute approximate surface area is 118 Å². The predicted molar refractivity (Wildman–Crippen MR) is 77.9 cm³/mol. The zero-order valence-electron chi connectivity index (χ0n) is 11.8. The van der Waals surface area contributed by atoms with Crippen LogP contribution in [0.15, 0.2) is 12.4 Å². The normalized spacial score (nSPS) is 16.6. The Morgan fingerprint density at radius 1 is 1.30 bits per heavy atom. The summed E-state index contributed by atoms with van der Waals surface area (Å²) in [6.45, 7) is 8.48. The van der Waals surface area contributed by atoms with Crippen LogP contribution in [0.3, 0.4) is 0 Å². The highest BCUT2D eigenvalue weighted by atomic mass is 15.3. The molecule has 0 saturated carbocycles. The van der Waals surface area contributed by atoms with Gasteiger partial charge < -0.3 is 15.5 Å². The van der Waals surface area contributed by atoms with Gasteiger partial charge in [-0.3, -0.25) is 4.40 Å². The third kappa shape index (κ3) is 2.88. The summed E-state index contributed by atoms with van der Waals surface area (Å²) in [6, 6.07) is 0. The van der Waals surface area contributed by atoms with Gasteiger partial charge in [0.25, 0.3) is 0 Å². The first-order valence-corrected chi connectivity index (χ1v) is 7.18. The van der Waals surface area contributed by atoms with Crippen molar-refractivity contribution in [3.8, 4) is 0 Å². The van der Waals surface area contributed by atoms with Crippen molar-refractivity contribution in [3.63, 3.8) is 0 Å². The Kier molecular flexibility index (Phi) is 4.08. The van der Waals surface area contributed by atoms with Crippen LogP contribution in [0, 0.1) is 6.92 Å². The molecule has 2 aromatic rings. The van der Waals surface area contributed by atoms with Gasteiger partial charge >= 0.3 is 0 Å². The summed E-state index contributed by atoms with van der Waals surface area (Å²) in [5, 5.41) is 15.0. The second-order valence-electron chi connectivity index (χ2n) is 5.09. The van der Waals surface area contributed by atoms with Crippen LogP contribution in [0.2, 0.25) is 0 Å². The van der Waals surface area contributed by atoms with Crippen LogP contribution < -0.4 is 10.6 Å². The molecule has 1 fully saturated rings. The van der Waals surface area contributed by atoms with Crippen molar-refractivity contribution >= 4 is 11.5 Å². The third-order valence-electron chi connectivity index (χ3n) is 3.65. The van der Waals surface area contributed by atoms with Gasteiger partial charge in [0.15, 0.2) is 5.82 Å². The van der Waals surface area contributed by atoms with Crippen LogP contribution >= 0.6 is 0 Å².